The molecule has 48 heavy (non-hydrogen) atoms. The van der Waals surface area contributed by atoms with Gasteiger partial charge >= 0.3 is 6.09 Å². The molecule has 0 spiro atoms. The Kier molecular flexibility index (Phi) is 12.8. The number of hydrogen-bond donors (Lipinski definition) is 3. The van der Waals surface area contributed by atoms with E-state index >= 15 is 0 Å². The highest BCUT2D eigenvalue weighted by molar-refractivity contribution is 7.90. The molecule has 1 heterocycles. The molecule has 11 nitrogen and oxygen atoms in total. The monoisotopic (exact) mass is 701 g/mol. The Labute approximate surface area is 287 Å². The first-order valence-corrected chi connectivity index (χ1v) is 18.1. The summed E-state index contributed by atoms with van der Waals surface area (Å²) in [5.74, 6) is -1.11. The molecule has 4 rings (SSSR count). The predicted octanol–water partition coefficient (Wildman–Crippen LogP) is 5.68. The first-order valence-electron chi connectivity index (χ1n) is 16.1. The molecular weight excluding hydrogens is 658 g/mol. The first-order chi connectivity index (χ1) is 22.7. The predicted molar refractivity (Wildman–Crippen MR) is 183 cm³/mol. The zero-order chi connectivity index (χ0) is 34.9. The van der Waals surface area contributed by atoms with Crippen molar-refractivity contribution in [1.82, 2.24) is 14.6 Å². The van der Waals surface area contributed by atoms with Crippen LogP contribution in [-0.4, -0.2) is 77.7 Å². The maximum absolute atomic E-state index is 13.1. The van der Waals surface area contributed by atoms with E-state index in [-0.39, 0.29) is 24.8 Å². The number of sulfonamides is 1. The average molecular weight is 702 g/mol. The van der Waals surface area contributed by atoms with E-state index in [1.807, 2.05) is 29.0 Å². The molecule has 2 aromatic carbocycles. The molecule has 0 unspecified atom stereocenters. The molecule has 0 aliphatic heterocycles. The number of benzene rings is 2. The van der Waals surface area contributed by atoms with Crippen LogP contribution in [0.4, 0.5) is 4.79 Å². The summed E-state index contributed by atoms with van der Waals surface area (Å²) in [6, 6.07) is 16.0. The number of aliphatic hydroxyl groups is 2. The summed E-state index contributed by atoms with van der Waals surface area (Å²) in [7, 11) is -4.00. The fraction of sp³-hybridized carbons (Fsp3) is 0.457. The van der Waals surface area contributed by atoms with Crippen LogP contribution in [0.3, 0.4) is 0 Å². The lowest BCUT2D eigenvalue weighted by molar-refractivity contribution is 0.0146. The number of aromatic nitrogens is 1. The van der Waals surface area contributed by atoms with Gasteiger partial charge in [-0.1, -0.05) is 54.4 Å². The summed E-state index contributed by atoms with van der Waals surface area (Å²) in [5, 5.41) is 20.2. The Morgan fingerprint density at radius 2 is 1.73 bits per heavy atom. The van der Waals surface area contributed by atoms with Crippen LogP contribution in [0.1, 0.15) is 80.5 Å². The minimum absolute atomic E-state index is 0.00130. The van der Waals surface area contributed by atoms with Gasteiger partial charge in [-0.25, -0.2) is 22.9 Å². The molecule has 0 saturated heterocycles. The van der Waals surface area contributed by atoms with Gasteiger partial charge in [-0.05, 0) is 87.8 Å². The number of carbonyl (C=O) groups is 2. The number of rotatable bonds is 13. The fourth-order valence-electron chi connectivity index (χ4n) is 5.33. The number of hydrogen-bond acceptors (Lipinski definition) is 9. The Bertz CT molecular complexity index is 1640. The molecule has 0 radical (unpaired) electrons. The lowest BCUT2D eigenvalue weighted by Gasteiger charge is -2.29. The van der Waals surface area contributed by atoms with Gasteiger partial charge in [0.2, 0.25) is 10.0 Å². The first kappa shape index (κ1) is 37.1. The van der Waals surface area contributed by atoms with Crippen molar-refractivity contribution < 1.29 is 37.7 Å². The van der Waals surface area contributed by atoms with E-state index in [2.05, 4.69) is 4.98 Å². The molecule has 260 valence electrons. The molecule has 1 aliphatic rings. The van der Waals surface area contributed by atoms with Gasteiger partial charge in [0.15, 0.2) is 0 Å². The fourth-order valence-corrected chi connectivity index (χ4v) is 6.17. The number of aliphatic hydroxyl groups excluding tert-OH is 2. The smallest absolute Gasteiger partial charge is 0.410 e. The van der Waals surface area contributed by atoms with Crippen LogP contribution in [0.2, 0.25) is 5.15 Å². The van der Waals surface area contributed by atoms with Crippen molar-refractivity contribution in [3.05, 3.63) is 82.6 Å². The number of nitrogens with one attached hydrogen (secondary N) is 1. The second-order valence-electron chi connectivity index (χ2n) is 12.9. The van der Waals surface area contributed by atoms with Crippen molar-refractivity contribution in [2.45, 2.75) is 77.1 Å². The molecule has 2 amide bonds. The van der Waals surface area contributed by atoms with E-state index < -0.39 is 46.1 Å². The topological polar surface area (TPSA) is 155 Å². The van der Waals surface area contributed by atoms with E-state index in [1.165, 1.54) is 11.1 Å². The third-order valence-corrected chi connectivity index (χ3v) is 9.26. The van der Waals surface area contributed by atoms with Gasteiger partial charge in [-0.15, -0.1) is 0 Å². The molecule has 1 aliphatic carbocycles. The number of halogens is 1. The Morgan fingerprint density at radius 3 is 2.35 bits per heavy atom. The van der Waals surface area contributed by atoms with Gasteiger partial charge in [0, 0.05) is 18.3 Å². The normalized spacial score (nSPS) is 14.6. The lowest BCUT2D eigenvalue weighted by atomic mass is 9.97. The van der Waals surface area contributed by atoms with E-state index in [9.17, 15) is 23.1 Å². The molecule has 0 bridgehead atoms. The number of nitrogens with zero attached hydrogens (tertiary/aromatic N) is 2. The summed E-state index contributed by atoms with van der Waals surface area (Å²) < 4.78 is 38.3. The zero-order valence-corrected chi connectivity index (χ0v) is 29.1. The molecule has 1 fully saturated rings. The summed E-state index contributed by atoms with van der Waals surface area (Å²) in [6.07, 6.45) is 5.18. The largest absolute Gasteiger partial charge is 0.490 e. The molecule has 1 aromatic heterocycles. The van der Waals surface area contributed by atoms with Crippen molar-refractivity contribution in [2.24, 2.45) is 0 Å². The van der Waals surface area contributed by atoms with Crippen LogP contribution in [0.15, 0.2) is 60.8 Å². The van der Waals surface area contributed by atoms with E-state index in [1.54, 1.807) is 51.1 Å². The highest BCUT2D eigenvalue weighted by atomic mass is 35.5. The maximum atomic E-state index is 13.1. The van der Waals surface area contributed by atoms with Crippen molar-refractivity contribution in [3.63, 3.8) is 0 Å². The van der Waals surface area contributed by atoms with Crippen LogP contribution < -0.4 is 9.46 Å². The summed E-state index contributed by atoms with van der Waals surface area (Å²) in [6.45, 7) is 5.03. The molecule has 3 aromatic rings. The molecular formula is C35H44ClN3O8S. The Morgan fingerprint density at radius 1 is 1.04 bits per heavy atom. The van der Waals surface area contributed by atoms with E-state index in [0.717, 1.165) is 48.8 Å². The zero-order valence-electron chi connectivity index (χ0n) is 27.5. The quantitative estimate of drug-likeness (QED) is 0.191. The van der Waals surface area contributed by atoms with Crippen LogP contribution in [-0.2, 0) is 21.2 Å². The van der Waals surface area contributed by atoms with Crippen molar-refractivity contribution in [2.75, 3.05) is 25.4 Å². The molecule has 3 N–H and O–H groups in total. The van der Waals surface area contributed by atoms with E-state index in [4.69, 9.17) is 26.2 Å². The van der Waals surface area contributed by atoms with Gasteiger partial charge < -0.3 is 24.6 Å². The maximum Gasteiger partial charge on any atom is 0.410 e. The second-order valence-corrected chi connectivity index (χ2v) is 15.1. The van der Waals surface area contributed by atoms with Gasteiger partial charge in [-0.2, -0.15) is 0 Å². The number of amides is 2. The summed E-state index contributed by atoms with van der Waals surface area (Å²) in [5.41, 5.74) is 2.48. The van der Waals surface area contributed by atoms with Gasteiger partial charge in [0.25, 0.3) is 5.91 Å². The van der Waals surface area contributed by atoms with Crippen LogP contribution in [0.25, 0.3) is 11.1 Å². The number of pyridine rings is 1. The van der Waals surface area contributed by atoms with Gasteiger partial charge in [0.05, 0.1) is 36.7 Å². The summed E-state index contributed by atoms with van der Waals surface area (Å²) >= 11 is 5.88. The van der Waals surface area contributed by atoms with Gasteiger partial charge in [0.1, 0.15) is 16.5 Å². The number of carbonyl (C=O) groups excluding carboxylic acids is 2. The second kappa shape index (κ2) is 16.6. The van der Waals surface area contributed by atoms with Crippen molar-refractivity contribution in [3.8, 4) is 16.9 Å². The Balaban J connectivity index is 1.51. The Hall–Kier alpha value is -3.71. The summed E-state index contributed by atoms with van der Waals surface area (Å²) in [4.78, 5) is 31.5. The van der Waals surface area contributed by atoms with Crippen LogP contribution >= 0.6 is 11.6 Å². The molecule has 1 atom stereocenters. The minimum Gasteiger partial charge on any atom is -0.490 e. The van der Waals surface area contributed by atoms with Crippen LogP contribution in [0.5, 0.6) is 5.75 Å². The van der Waals surface area contributed by atoms with Crippen molar-refractivity contribution >= 4 is 33.6 Å². The number of ether oxygens (including phenoxy) is 2. The highest BCUT2D eigenvalue weighted by Crippen LogP contribution is 2.31. The SMILES string of the molecule is CC(C)(C)OC(=O)N(CCc1ccc(-c2ccc(C(=O)NS(=O)(=O)CCO)c(OC3CCCCC3)c2)cc1)C[C@H](O)c1ccc(Cl)nc1. The lowest BCUT2D eigenvalue weighted by Crippen LogP contribution is -2.40. The van der Waals surface area contributed by atoms with Gasteiger partial charge in [-0.3, -0.25) is 4.79 Å². The van der Waals surface area contributed by atoms with E-state index in [0.29, 0.717) is 22.9 Å². The standard InChI is InChI=1S/C35H44ClN3O8S/c1-35(2,3)47-34(43)39(23-30(41)27-14-16-32(36)37-22-27)18-17-24-9-11-25(12-10-24)26-13-15-29(33(42)38-48(44,45)20-19-40)31(21-26)46-28-7-5-4-6-8-28/h9-16,21-22,28,30,40-41H,4-8,17-20,23H2,1-3H3,(H,38,42)/t30-/m0/s1. The third-order valence-electron chi connectivity index (χ3n) is 7.82. The van der Waals surface area contributed by atoms with Crippen LogP contribution in [0, 0.1) is 0 Å². The molecule has 13 heteroatoms. The average Bonchev–Trinajstić information content (AvgIpc) is 3.03. The van der Waals surface area contributed by atoms with Crippen molar-refractivity contribution in [1.29, 1.82) is 0 Å². The highest BCUT2D eigenvalue weighted by Gasteiger charge is 2.26. The third kappa shape index (κ3) is 11.2. The molecule has 1 saturated carbocycles. The minimum atomic E-state index is -4.00.